The molecule has 2 N–H and O–H groups in total. The number of nitrogens with one attached hydrogen (secondary N) is 2. The Morgan fingerprint density at radius 2 is 1.87 bits per heavy atom. The summed E-state index contributed by atoms with van der Waals surface area (Å²) in [6, 6.07) is 12.5. The standard InChI is InChI=1S/C22H24ClN3O3S/c23-18-14-17(6-7-19(18)26-8-11-30-12-9-26)24-21(27)15-3-1-4-16(13-15)25-22(28)20-5-2-10-29-20/h1,3-4,6-7,13-14,20H,2,5,8-12H2,(H,24,27)(H,25,28). The maximum absolute atomic E-state index is 12.7. The Morgan fingerprint density at radius 1 is 1.07 bits per heavy atom. The van der Waals surface area contributed by atoms with Crippen LogP contribution in [0.5, 0.6) is 0 Å². The Bertz CT molecular complexity index is 928. The van der Waals surface area contributed by atoms with Gasteiger partial charge in [-0.1, -0.05) is 17.7 Å². The first-order valence-corrected chi connectivity index (χ1v) is 11.6. The minimum atomic E-state index is -0.415. The fourth-order valence-electron chi connectivity index (χ4n) is 3.59. The highest BCUT2D eigenvalue weighted by molar-refractivity contribution is 7.99. The third-order valence-corrected chi connectivity index (χ3v) is 6.42. The van der Waals surface area contributed by atoms with E-state index >= 15 is 0 Å². The second-order valence-corrected chi connectivity index (χ2v) is 8.92. The van der Waals surface area contributed by atoms with Crippen LogP contribution in [-0.2, 0) is 9.53 Å². The highest BCUT2D eigenvalue weighted by Gasteiger charge is 2.23. The SMILES string of the molecule is O=C(Nc1ccc(N2CCSCC2)c(Cl)c1)c1cccc(NC(=O)C2CCCO2)c1. The first-order chi connectivity index (χ1) is 14.6. The van der Waals surface area contributed by atoms with Crippen LogP contribution in [0.4, 0.5) is 17.1 Å². The Hall–Kier alpha value is -2.22. The molecule has 0 saturated carbocycles. The largest absolute Gasteiger partial charge is 0.369 e. The molecule has 2 heterocycles. The summed E-state index contributed by atoms with van der Waals surface area (Å²) >= 11 is 8.42. The molecule has 1 atom stereocenters. The van der Waals surface area contributed by atoms with Crippen LogP contribution in [0, 0.1) is 0 Å². The van der Waals surface area contributed by atoms with Crippen LogP contribution >= 0.6 is 23.4 Å². The highest BCUT2D eigenvalue weighted by atomic mass is 35.5. The molecule has 2 fully saturated rings. The van der Waals surface area contributed by atoms with E-state index in [4.69, 9.17) is 16.3 Å². The second-order valence-electron chi connectivity index (χ2n) is 7.29. The summed E-state index contributed by atoms with van der Waals surface area (Å²) < 4.78 is 5.40. The Morgan fingerprint density at radius 3 is 2.60 bits per heavy atom. The van der Waals surface area contributed by atoms with Crippen molar-refractivity contribution in [1.82, 2.24) is 0 Å². The van der Waals surface area contributed by atoms with Gasteiger partial charge in [0.1, 0.15) is 6.10 Å². The van der Waals surface area contributed by atoms with Crippen LogP contribution in [-0.4, -0.2) is 49.1 Å². The first-order valence-electron chi connectivity index (χ1n) is 10.1. The topological polar surface area (TPSA) is 70.7 Å². The fourth-order valence-corrected chi connectivity index (χ4v) is 4.80. The van der Waals surface area contributed by atoms with Gasteiger partial charge in [0, 0.05) is 48.1 Å². The number of nitrogens with zero attached hydrogens (tertiary/aromatic N) is 1. The number of halogens is 1. The molecule has 0 bridgehead atoms. The maximum atomic E-state index is 12.7. The highest BCUT2D eigenvalue weighted by Crippen LogP contribution is 2.30. The molecular formula is C22H24ClN3O3S. The molecule has 8 heteroatoms. The van der Waals surface area contributed by atoms with Gasteiger partial charge in [-0.25, -0.2) is 0 Å². The number of carbonyl (C=O) groups excluding carboxylic acids is 2. The molecule has 158 valence electrons. The van der Waals surface area contributed by atoms with Crippen molar-refractivity contribution >= 4 is 52.2 Å². The van der Waals surface area contributed by atoms with Crippen molar-refractivity contribution in [3.63, 3.8) is 0 Å². The van der Waals surface area contributed by atoms with Gasteiger partial charge in [-0.15, -0.1) is 0 Å². The number of ether oxygens (including phenoxy) is 1. The van der Waals surface area contributed by atoms with E-state index in [1.807, 2.05) is 23.9 Å². The molecule has 0 radical (unpaired) electrons. The zero-order valence-electron chi connectivity index (χ0n) is 16.5. The van der Waals surface area contributed by atoms with E-state index in [9.17, 15) is 9.59 Å². The summed E-state index contributed by atoms with van der Waals surface area (Å²) in [4.78, 5) is 27.2. The van der Waals surface area contributed by atoms with E-state index in [-0.39, 0.29) is 11.8 Å². The Kier molecular flexibility index (Phi) is 6.82. The van der Waals surface area contributed by atoms with Crippen molar-refractivity contribution in [1.29, 1.82) is 0 Å². The monoisotopic (exact) mass is 445 g/mol. The van der Waals surface area contributed by atoms with Crippen LogP contribution in [0.3, 0.4) is 0 Å². The molecule has 0 aromatic heterocycles. The zero-order chi connectivity index (χ0) is 20.9. The van der Waals surface area contributed by atoms with E-state index in [2.05, 4.69) is 15.5 Å². The zero-order valence-corrected chi connectivity index (χ0v) is 18.1. The molecule has 2 aliphatic heterocycles. The lowest BCUT2D eigenvalue weighted by molar-refractivity contribution is -0.124. The van der Waals surface area contributed by atoms with Crippen LogP contribution in [0.2, 0.25) is 5.02 Å². The van der Waals surface area contributed by atoms with Crippen molar-refractivity contribution in [2.45, 2.75) is 18.9 Å². The molecule has 30 heavy (non-hydrogen) atoms. The maximum Gasteiger partial charge on any atom is 0.255 e. The van der Waals surface area contributed by atoms with Gasteiger partial charge in [0.15, 0.2) is 0 Å². The van der Waals surface area contributed by atoms with Crippen LogP contribution in [0.1, 0.15) is 23.2 Å². The summed E-state index contributed by atoms with van der Waals surface area (Å²) in [5.74, 6) is 1.74. The van der Waals surface area contributed by atoms with E-state index in [1.165, 1.54) is 0 Å². The average Bonchev–Trinajstić information content (AvgIpc) is 3.30. The number of amides is 2. The third kappa shape index (κ3) is 5.09. The molecule has 4 rings (SSSR count). The van der Waals surface area contributed by atoms with Crippen molar-refractivity contribution in [3.05, 3.63) is 53.1 Å². The van der Waals surface area contributed by atoms with Gasteiger partial charge in [-0.3, -0.25) is 9.59 Å². The summed E-state index contributed by atoms with van der Waals surface area (Å²) in [5, 5.41) is 6.33. The van der Waals surface area contributed by atoms with Crippen molar-refractivity contribution in [2.24, 2.45) is 0 Å². The lowest BCUT2D eigenvalue weighted by atomic mass is 10.1. The van der Waals surface area contributed by atoms with E-state index in [1.54, 1.807) is 30.3 Å². The minimum absolute atomic E-state index is 0.177. The summed E-state index contributed by atoms with van der Waals surface area (Å²) in [6.45, 7) is 2.56. The molecule has 0 spiro atoms. The molecule has 6 nitrogen and oxygen atoms in total. The summed E-state index contributed by atoms with van der Waals surface area (Å²) in [6.07, 6.45) is 1.19. The molecular weight excluding hydrogens is 422 g/mol. The van der Waals surface area contributed by atoms with Crippen LogP contribution < -0.4 is 15.5 Å². The predicted octanol–water partition coefficient (Wildman–Crippen LogP) is 4.26. The Balaban J connectivity index is 1.41. The van der Waals surface area contributed by atoms with Crippen LogP contribution in [0.15, 0.2) is 42.5 Å². The lowest BCUT2D eigenvalue weighted by Gasteiger charge is -2.29. The normalized spacial score (nSPS) is 18.8. The molecule has 2 amide bonds. The fraction of sp³-hybridized carbons (Fsp3) is 0.364. The predicted molar refractivity (Wildman–Crippen MR) is 123 cm³/mol. The number of carbonyl (C=O) groups is 2. The molecule has 1 unspecified atom stereocenters. The van der Waals surface area contributed by atoms with Crippen molar-refractivity contribution in [2.75, 3.05) is 46.7 Å². The van der Waals surface area contributed by atoms with E-state index < -0.39 is 6.10 Å². The number of hydrogen-bond acceptors (Lipinski definition) is 5. The van der Waals surface area contributed by atoms with Gasteiger partial charge >= 0.3 is 0 Å². The molecule has 2 aromatic carbocycles. The summed E-state index contributed by atoms with van der Waals surface area (Å²) in [7, 11) is 0. The number of hydrogen-bond donors (Lipinski definition) is 2. The van der Waals surface area contributed by atoms with Gasteiger partial charge in [-0.05, 0) is 49.2 Å². The van der Waals surface area contributed by atoms with Gasteiger partial charge in [0.25, 0.3) is 11.8 Å². The Labute approximate surface area is 185 Å². The van der Waals surface area contributed by atoms with E-state index in [0.29, 0.717) is 28.6 Å². The first kappa shape index (κ1) is 21.0. The van der Waals surface area contributed by atoms with E-state index in [0.717, 1.165) is 43.1 Å². The quantitative estimate of drug-likeness (QED) is 0.719. The molecule has 2 aromatic rings. The number of benzene rings is 2. The van der Waals surface area contributed by atoms with Crippen molar-refractivity contribution in [3.8, 4) is 0 Å². The van der Waals surface area contributed by atoms with Gasteiger partial charge < -0.3 is 20.3 Å². The van der Waals surface area contributed by atoms with Crippen LogP contribution in [0.25, 0.3) is 0 Å². The molecule has 0 aliphatic carbocycles. The average molecular weight is 446 g/mol. The second kappa shape index (κ2) is 9.73. The lowest BCUT2D eigenvalue weighted by Crippen LogP contribution is -2.32. The van der Waals surface area contributed by atoms with Crippen molar-refractivity contribution < 1.29 is 14.3 Å². The smallest absolute Gasteiger partial charge is 0.255 e. The summed E-state index contributed by atoms with van der Waals surface area (Å²) in [5.41, 5.74) is 2.65. The molecule has 2 aliphatic rings. The number of rotatable bonds is 5. The van der Waals surface area contributed by atoms with Gasteiger partial charge in [0.05, 0.1) is 10.7 Å². The van der Waals surface area contributed by atoms with Gasteiger partial charge in [-0.2, -0.15) is 11.8 Å². The molecule has 2 saturated heterocycles. The van der Waals surface area contributed by atoms with Gasteiger partial charge in [0.2, 0.25) is 0 Å². The number of anilines is 3. The minimum Gasteiger partial charge on any atom is -0.369 e. The third-order valence-electron chi connectivity index (χ3n) is 5.17. The number of thioether (sulfide) groups is 1.